The summed E-state index contributed by atoms with van der Waals surface area (Å²) in [4.78, 5) is 18.5. The van der Waals surface area contributed by atoms with Crippen LogP contribution in [0.3, 0.4) is 0 Å². The minimum Gasteiger partial charge on any atom is -0.324 e. The maximum Gasteiger partial charge on any atom is 0.321 e. The van der Waals surface area contributed by atoms with Crippen LogP contribution in [0, 0.1) is 12.8 Å². The predicted molar refractivity (Wildman–Crippen MR) is 112 cm³/mol. The van der Waals surface area contributed by atoms with Gasteiger partial charge in [-0.25, -0.2) is 13.2 Å². The molecule has 2 aliphatic rings. The Morgan fingerprint density at radius 1 is 1.17 bits per heavy atom. The number of rotatable bonds is 3. The van der Waals surface area contributed by atoms with Gasteiger partial charge in [-0.1, -0.05) is 24.3 Å². The number of nitrogens with one attached hydrogen (secondary N) is 1. The second-order valence-electron chi connectivity index (χ2n) is 7.81. The number of aromatic nitrogens is 1. The number of carbonyl (C=O) groups is 1. The van der Waals surface area contributed by atoms with E-state index < -0.39 is 15.3 Å². The van der Waals surface area contributed by atoms with E-state index >= 15 is 0 Å². The van der Waals surface area contributed by atoms with Crippen molar-refractivity contribution < 1.29 is 13.2 Å². The zero-order valence-corrected chi connectivity index (χ0v) is 17.3. The lowest BCUT2D eigenvalue weighted by Gasteiger charge is -2.23. The quantitative estimate of drug-likeness (QED) is 0.837. The third-order valence-electron chi connectivity index (χ3n) is 5.92. The molecule has 0 aliphatic carbocycles. The summed E-state index contributed by atoms with van der Waals surface area (Å²) in [6.07, 6.45) is 4.55. The Hall–Kier alpha value is -2.45. The lowest BCUT2D eigenvalue weighted by Crippen LogP contribution is -2.37. The van der Waals surface area contributed by atoms with Gasteiger partial charge in [-0.05, 0) is 48.9 Å². The number of sulfonamides is 1. The van der Waals surface area contributed by atoms with Gasteiger partial charge in [0.25, 0.3) is 0 Å². The van der Waals surface area contributed by atoms with Gasteiger partial charge in [-0.15, -0.1) is 0 Å². The van der Waals surface area contributed by atoms with E-state index in [0.717, 1.165) is 16.8 Å². The molecule has 2 saturated heterocycles. The van der Waals surface area contributed by atoms with Gasteiger partial charge in [-0.3, -0.25) is 4.98 Å². The molecule has 0 radical (unpaired) electrons. The Labute approximate surface area is 171 Å². The van der Waals surface area contributed by atoms with Crippen LogP contribution >= 0.6 is 0 Å². The number of benzene rings is 1. The van der Waals surface area contributed by atoms with Gasteiger partial charge < -0.3 is 10.2 Å². The summed E-state index contributed by atoms with van der Waals surface area (Å²) in [6.45, 7) is 3.83. The number of likely N-dealkylation sites (tertiary alicyclic amines) is 1. The predicted octanol–water partition coefficient (Wildman–Crippen LogP) is 2.85. The molecule has 29 heavy (non-hydrogen) atoms. The summed E-state index contributed by atoms with van der Waals surface area (Å²) in [7, 11) is -3.38. The summed E-state index contributed by atoms with van der Waals surface area (Å²) in [5.74, 6) is 0.0490. The van der Waals surface area contributed by atoms with Gasteiger partial charge in [-0.2, -0.15) is 4.31 Å². The molecule has 0 bridgehead atoms. The fraction of sp³-hybridized carbons (Fsp3) is 0.429. The highest BCUT2D eigenvalue weighted by molar-refractivity contribution is 7.90. The number of carbonyl (C=O) groups excluding carboxylic acids is 1. The van der Waals surface area contributed by atoms with Crippen LogP contribution in [0.4, 0.5) is 10.5 Å². The van der Waals surface area contributed by atoms with E-state index in [-0.39, 0.29) is 11.9 Å². The standard InChI is InChI=1S/C21H26N4O3S/c1-16-5-2-3-7-19(16)23-21(26)24-11-8-18-15-25(14-17-6-4-10-22-13-17)29(27,28)20(18)9-12-24/h2-7,10,13,18,20H,8-9,11-12,14-15H2,1H3,(H,23,26)/t18-,20-/m1/s1. The number of hydrogen-bond acceptors (Lipinski definition) is 4. The fourth-order valence-electron chi connectivity index (χ4n) is 4.26. The highest BCUT2D eigenvalue weighted by atomic mass is 32.2. The lowest BCUT2D eigenvalue weighted by molar-refractivity contribution is 0.212. The van der Waals surface area contributed by atoms with Gasteiger partial charge in [0, 0.05) is 44.3 Å². The van der Waals surface area contributed by atoms with E-state index in [4.69, 9.17) is 0 Å². The highest BCUT2D eigenvalue weighted by Gasteiger charge is 2.47. The molecule has 1 aromatic heterocycles. The molecule has 0 saturated carbocycles. The second-order valence-corrected chi connectivity index (χ2v) is 9.96. The van der Waals surface area contributed by atoms with Crippen LogP contribution in [0.1, 0.15) is 24.0 Å². The minimum atomic E-state index is -3.38. The lowest BCUT2D eigenvalue weighted by atomic mass is 10.0. The number of nitrogens with zero attached hydrogens (tertiary/aromatic N) is 3. The number of urea groups is 1. The zero-order chi connectivity index (χ0) is 20.4. The maximum atomic E-state index is 13.1. The van der Waals surface area contributed by atoms with Crippen molar-refractivity contribution >= 4 is 21.7 Å². The molecule has 3 heterocycles. The Balaban J connectivity index is 1.41. The molecule has 4 rings (SSSR count). The average Bonchev–Trinajstić information content (AvgIpc) is 2.85. The van der Waals surface area contributed by atoms with Crippen LogP contribution < -0.4 is 5.32 Å². The summed E-state index contributed by atoms with van der Waals surface area (Å²) in [6, 6.07) is 11.2. The van der Waals surface area contributed by atoms with Crippen LogP contribution in [-0.4, -0.2) is 53.5 Å². The highest BCUT2D eigenvalue weighted by Crippen LogP contribution is 2.35. The van der Waals surface area contributed by atoms with Crippen molar-refractivity contribution in [2.24, 2.45) is 5.92 Å². The number of para-hydroxylation sites is 1. The van der Waals surface area contributed by atoms with Crippen molar-refractivity contribution in [2.75, 3.05) is 25.0 Å². The monoisotopic (exact) mass is 414 g/mol. The fourth-order valence-corrected chi connectivity index (χ4v) is 6.48. The first-order chi connectivity index (χ1) is 13.9. The summed E-state index contributed by atoms with van der Waals surface area (Å²) >= 11 is 0. The third kappa shape index (κ3) is 4.13. The van der Waals surface area contributed by atoms with Gasteiger partial charge in [0.15, 0.2) is 0 Å². The number of aryl methyl sites for hydroxylation is 1. The van der Waals surface area contributed by atoms with Crippen molar-refractivity contribution in [3.63, 3.8) is 0 Å². The normalized spacial score (nSPS) is 24.0. The summed E-state index contributed by atoms with van der Waals surface area (Å²) in [5, 5.41) is 2.53. The molecule has 1 N–H and O–H groups in total. The largest absolute Gasteiger partial charge is 0.324 e. The molecule has 2 amide bonds. The van der Waals surface area contributed by atoms with E-state index in [0.29, 0.717) is 39.0 Å². The first kappa shape index (κ1) is 19.8. The topological polar surface area (TPSA) is 82.6 Å². The zero-order valence-electron chi connectivity index (χ0n) is 16.5. The number of fused-ring (bicyclic) bond motifs is 1. The second kappa shape index (κ2) is 8.12. The molecule has 154 valence electrons. The molecular weight excluding hydrogens is 388 g/mol. The average molecular weight is 415 g/mol. The Morgan fingerprint density at radius 2 is 1.97 bits per heavy atom. The molecule has 0 unspecified atom stereocenters. The van der Waals surface area contributed by atoms with Crippen molar-refractivity contribution in [2.45, 2.75) is 31.6 Å². The van der Waals surface area contributed by atoms with Gasteiger partial charge in [0.1, 0.15) is 0 Å². The van der Waals surface area contributed by atoms with Crippen molar-refractivity contribution in [3.8, 4) is 0 Å². The van der Waals surface area contributed by atoms with Crippen molar-refractivity contribution in [1.29, 1.82) is 0 Å². The van der Waals surface area contributed by atoms with E-state index in [1.807, 2.05) is 43.3 Å². The van der Waals surface area contributed by atoms with Crippen LogP contribution in [0.25, 0.3) is 0 Å². The molecule has 2 aromatic rings. The van der Waals surface area contributed by atoms with Gasteiger partial charge in [0.05, 0.1) is 5.25 Å². The van der Waals surface area contributed by atoms with Crippen LogP contribution in [-0.2, 0) is 16.6 Å². The third-order valence-corrected chi connectivity index (χ3v) is 8.30. The van der Waals surface area contributed by atoms with Crippen LogP contribution in [0.5, 0.6) is 0 Å². The summed E-state index contributed by atoms with van der Waals surface area (Å²) in [5.41, 5.74) is 2.69. The first-order valence-electron chi connectivity index (χ1n) is 9.94. The summed E-state index contributed by atoms with van der Waals surface area (Å²) < 4.78 is 27.8. The smallest absolute Gasteiger partial charge is 0.321 e. The molecule has 8 heteroatoms. The molecule has 7 nitrogen and oxygen atoms in total. The Morgan fingerprint density at radius 3 is 2.72 bits per heavy atom. The van der Waals surface area contributed by atoms with E-state index in [1.165, 1.54) is 0 Å². The number of hydrogen-bond donors (Lipinski definition) is 1. The van der Waals surface area contributed by atoms with Crippen LogP contribution in [0.15, 0.2) is 48.8 Å². The number of pyridine rings is 1. The molecule has 2 aliphatic heterocycles. The number of anilines is 1. The van der Waals surface area contributed by atoms with Gasteiger partial charge in [0.2, 0.25) is 10.0 Å². The van der Waals surface area contributed by atoms with E-state index in [9.17, 15) is 13.2 Å². The van der Waals surface area contributed by atoms with Crippen molar-refractivity contribution in [1.82, 2.24) is 14.2 Å². The van der Waals surface area contributed by atoms with E-state index in [1.54, 1.807) is 21.6 Å². The minimum absolute atomic E-state index is 0.0490. The Kier molecular flexibility index (Phi) is 5.56. The molecule has 2 fully saturated rings. The SMILES string of the molecule is Cc1ccccc1NC(=O)N1CC[C@@H]2CN(Cc3cccnc3)S(=O)(=O)[C@@H]2CC1. The van der Waals surface area contributed by atoms with Crippen LogP contribution in [0.2, 0.25) is 0 Å². The van der Waals surface area contributed by atoms with Crippen molar-refractivity contribution in [3.05, 3.63) is 59.9 Å². The molecular formula is C21H26N4O3S. The van der Waals surface area contributed by atoms with Gasteiger partial charge >= 0.3 is 6.03 Å². The maximum absolute atomic E-state index is 13.1. The first-order valence-corrected chi connectivity index (χ1v) is 11.4. The number of amides is 2. The molecule has 2 atom stereocenters. The molecule has 0 spiro atoms. The Bertz CT molecular complexity index is 980. The van der Waals surface area contributed by atoms with E-state index in [2.05, 4.69) is 10.3 Å². The molecule has 1 aromatic carbocycles.